The molecule has 0 radical (unpaired) electrons. The molecule has 0 aromatic carbocycles. The largest absolute Gasteiger partial charge is 0.391 e. The SMILES string of the molecule is CCCNc1ncc(F)c(N(C)C2CCCCC2O)n1. The van der Waals surface area contributed by atoms with Crippen LogP contribution >= 0.6 is 0 Å². The fourth-order valence-corrected chi connectivity index (χ4v) is 2.63. The number of aliphatic hydroxyl groups excluding tert-OH is 1. The van der Waals surface area contributed by atoms with Gasteiger partial charge in [-0.15, -0.1) is 0 Å². The van der Waals surface area contributed by atoms with Crippen molar-refractivity contribution in [1.29, 1.82) is 0 Å². The van der Waals surface area contributed by atoms with Gasteiger partial charge in [0, 0.05) is 13.6 Å². The summed E-state index contributed by atoms with van der Waals surface area (Å²) in [6.45, 7) is 2.79. The van der Waals surface area contributed by atoms with Crippen LogP contribution in [0.1, 0.15) is 39.0 Å². The molecule has 1 aromatic heterocycles. The van der Waals surface area contributed by atoms with E-state index in [2.05, 4.69) is 15.3 Å². The van der Waals surface area contributed by atoms with Gasteiger partial charge in [0.15, 0.2) is 11.6 Å². The lowest BCUT2D eigenvalue weighted by Crippen LogP contribution is -2.44. The van der Waals surface area contributed by atoms with Crippen molar-refractivity contribution in [3.8, 4) is 0 Å². The van der Waals surface area contributed by atoms with Crippen LogP contribution in [-0.4, -0.2) is 40.8 Å². The summed E-state index contributed by atoms with van der Waals surface area (Å²) in [6.07, 6.45) is 5.43. The molecule has 1 fully saturated rings. The lowest BCUT2D eigenvalue weighted by atomic mass is 9.91. The van der Waals surface area contributed by atoms with E-state index >= 15 is 0 Å². The van der Waals surface area contributed by atoms with Crippen molar-refractivity contribution in [3.63, 3.8) is 0 Å². The van der Waals surface area contributed by atoms with E-state index in [1.165, 1.54) is 6.20 Å². The van der Waals surface area contributed by atoms with Gasteiger partial charge in [0.2, 0.25) is 5.95 Å². The Kier molecular flexibility index (Phi) is 5.11. The Bertz CT molecular complexity index is 443. The second-order valence-electron chi connectivity index (χ2n) is 5.32. The molecule has 6 heteroatoms. The highest BCUT2D eigenvalue weighted by atomic mass is 19.1. The Balaban J connectivity index is 2.16. The zero-order chi connectivity index (χ0) is 14.5. The van der Waals surface area contributed by atoms with Crippen LogP contribution in [0.3, 0.4) is 0 Å². The summed E-state index contributed by atoms with van der Waals surface area (Å²) in [7, 11) is 1.79. The van der Waals surface area contributed by atoms with Gasteiger partial charge in [-0.3, -0.25) is 0 Å². The fourth-order valence-electron chi connectivity index (χ4n) is 2.63. The van der Waals surface area contributed by atoms with Crippen LogP contribution in [0.5, 0.6) is 0 Å². The predicted octanol–water partition coefficient (Wildman–Crippen LogP) is 2.18. The topological polar surface area (TPSA) is 61.3 Å². The third-order valence-electron chi connectivity index (χ3n) is 3.78. The van der Waals surface area contributed by atoms with E-state index in [-0.39, 0.29) is 11.9 Å². The Morgan fingerprint density at radius 2 is 2.20 bits per heavy atom. The zero-order valence-electron chi connectivity index (χ0n) is 12.1. The number of nitrogens with one attached hydrogen (secondary N) is 1. The summed E-state index contributed by atoms with van der Waals surface area (Å²) in [6, 6.07) is -0.0767. The van der Waals surface area contributed by atoms with Crippen molar-refractivity contribution in [2.24, 2.45) is 0 Å². The number of likely N-dealkylation sites (N-methyl/N-ethyl adjacent to an activating group) is 1. The average molecular weight is 282 g/mol. The molecule has 0 bridgehead atoms. The molecule has 20 heavy (non-hydrogen) atoms. The number of halogens is 1. The van der Waals surface area contributed by atoms with Gasteiger partial charge in [-0.2, -0.15) is 4.98 Å². The lowest BCUT2D eigenvalue weighted by molar-refractivity contribution is 0.105. The molecule has 1 heterocycles. The molecule has 2 unspecified atom stereocenters. The monoisotopic (exact) mass is 282 g/mol. The number of aromatic nitrogens is 2. The van der Waals surface area contributed by atoms with Crippen molar-refractivity contribution in [2.45, 2.75) is 51.2 Å². The Hall–Kier alpha value is -1.43. The van der Waals surface area contributed by atoms with Crippen LogP contribution in [0.25, 0.3) is 0 Å². The Morgan fingerprint density at radius 1 is 1.45 bits per heavy atom. The number of rotatable bonds is 5. The zero-order valence-corrected chi connectivity index (χ0v) is 12.1. The first-order valence-electron chi connectivity index (χ1n) is 7.30. The molecule has 112 valence electrons. The summed E-state index contributed by atoms with van der Waals surface area (Å²) in [5.74, 6) is 0.234. The van der Waals surface area contributed by atoms with Crippen LogP contribution in [0.2, 0.25) is 0 Å². The molecule has 5 nitrogen and oxygen atoms in total. The van der Waals surface area contributed by atoms with Gasteiger partial charge in [-0.1, -0.05) is 19.8 Å². The molecule has 1 aromatic rings. The van der Waals surface area contributed by atoms with E-state index in [4.69, 9.17) is 0 Å². The van der Waals surface area contributed by atoms with Gasteiger partial charge in [0.1, 0.15) is 0 Å². The molecule has 1 aliphatic carbocycles. The maximum atomic E-state index is 13.9. The van der Waals surface area contributed by atoms with E-state index in [9.17, 15) is 9.50 Å². The van der Waals surface area contributed by atoms with Crippen molar-refractivity contribution in [1.82, 2.24) is 9.97 Å². The first-order valence-corrected chi connectivity index (χ1v) is 7.30. The summed E-state index contributed by atoms with van der Waals surface area (Å²) >= 11 is 0. The highest BCUT2D eigenvalue weighted by Crippen LogP contribution is 2.27. The minimum atomic E-state index is -0.452. The summed E-state index contributed by atoms with van der Waals surface area (Å²) in [4.78, 5) is 9.92. The van der Waals surface area contributed by atoms with Crippen LogP contribution in [0, 0.1) is 5.82 Å². The van der Waals surface area contributed by atoms with Crippen molar-refractivity contribution >= 4 is 11.8 Å². The minimum absolute atomic E-state index is 0.0767. The molecule has 0 spiro atoms. The van der Waals surface area contributed by atoms with E-state index in [1.54, 1.807) is 11.9 Å². The lowest BCUT2D eigenvalue weighted by Gasteiger charge is -2.36. The third-order valence-corrected chi connectivity index (χ3v) is 3.78. The molecule has 0 aliphatic heterocycles. The number of nitrogens with zero attached hydrogens (tertiary/aromatic N) is 3. The molecule has 2 rings (SSSR count). The molecule has 1 aliphatic rings. The van der Waals surface area contributed by atoms with Crippen molar-refractivity contribution in [2.75, 3.05) is 23.8 Å². The molecule has 0 saturated heterocycles. The van der Waals surface area contributed by atoms with Gasteiger partial charge < -0.3 is 15.3 Å². The first-order chi connectivity index (χ1) is 9.63. The van der Waals surface area contributed by atoms with Gasteiger partial charge in [-0.25, -0.2) is 9.37 Å². The van der Waals surface area contributed by atoms with Gasteiger partial charge in [-0.05, 0) is 19.3 Å². The second-order valence-corrected chi connectivity index (χ2v) is 5.32. The van der Waals surface area contributed by atoms with Gasteiger partial charge in [0.05, 0.1) is 18.3 Å². The van der Waals surface area contributed by atoms with E-state index in [0.717, 1.165) is 38.6 Å². The average Bonchev–Trinajstić information content (AvgIpc) is 2.46. The smallest absolute Gasteiger partial charge is 0.224 e. The third kappa shape index (κ3) is 3.36. The van der Waals surface area contributed by atoms with E-state index < -0.39 is 11.9 Å². The second kappa shape index (κ2) is 6.83. The maximum absolute atomic E-state index is 13.9. The first kappa shape index (κ1) is 15.0. The standard InChI is InChI=1S/C14H23FN4O/c1-3-8-16-14-17-9-10(15)13(18-14)19(2)11-6-4-5-7-12(11)20/h9,11-12,20H,3-8H2,1-2H3,(H,16,17,18). The molecule has 0 amide bonds. The maximum Gasteiger partial charge on any atom is 0.224 e. The molecule has 2 atom stereocenters. The number of aliphatic hydroxyl groups is 1. The Morgan fingerprint density at radius 3 is 2.90 bits per heavy atom. The quantitative estimate of drug-likeness (QED) is 0.866. The van der Waals surface area contributed by atoms with Gasteiger partial charge in [0.25, 0.3) is 0 Å². The molecular formula is C14H23FN4O. The van der Waals surface area contributed by atoms with Crippen LogP contribution < -0.4 is 10.2 Å². The Labute approximate surface area is 119 Å². The summed E-state index contributed by atoms with van der Waals surface area (Å²) in [5.41, 5.74) is 0. The normalized spacial score (nSPS) is 22.6. The van der Waals surface area contributed by atoms with Crippen molar-refractivity contribution in [3.05, 3.63) is 12.0 Å². The number of hydrogen-bond acceptors (Lipinski definition) is 5. The van der Waals surface area contributed by atoms with Crippen LogP contribution in [-0.2, 0) is 0 Å². The highest BCUT2D eigenvalue weighted by molar-refractivity contribution is 5.44. The van der Waals surface area contributed by atoms with Gasteiger partial charge >= 0.3 is 0 Å². The van der Waals surface area contributed by atoms with Crippen LogP contribution in [0.4, 0.5) is 16.2 Å². The number of anilines is 2. The summed E-state index contributed by atoms with van der Waals surface area (Å²) in [5, 5.41) is 13.1. The highest BCUT2D eigenvalue weighted by Gasteiger charge is 2.29. The summed E-state index contributed by atoms with van der Waals surface area (Å²) < 4.78 is 13.9. The predicted molar refractivity (Wildman–Crippen MR) is 77.4 cm³/mol. The minimum Gasteiger partial charge on any atom is -0.391 e. The van der Waals surface area contributed by atoms with E-state index in [0.29, 0.717) is 5.95 Å². The molecule has 2 N–H and O–H groups in total. The van der Waals surface area contributed by atoms with Crippen LogP contribution in [0.15, 0.2) is 6.20 Å². The van der Waals surface area contributed by atoms with E-state index in [1.807, 2.05) is 6.92 Å². The molecule has 1 saturated carbocycles. The number of hydrogen-bond donors (Lipinski definition) is 2. The van der Waals surface area contributed by atoms with Crippen molar-refractivity contribution < 1.29 is 9.50 Å². The molecular weight excluding hydrogens is 259 g/mol. The fraction of sp³-hybridized carbons (Fsp3) is 0.714.